The van der Waals surface area contributed by atoms with Gasteiger partial charge in [0.2, 0.25) is 0 Å². The first-order valence-corrected chi connectivity index (χ1v) is 3.57. The highest BCUT2D eigenvalue weighted by Gasteiger charge is 2.23. The van der Waals surface area contributed by atoms with Crippen LogP contribution in [0.5, 0.6) is 5.75 Å². The lowest BCUT2D eigenvalue weighted by molar-refractivity contribution is 0.466. The molecule has 0 amide bonds. The van der Waals surface area contributed by atoms with E-state index in [0.717, 1.165) is 18.0 Å². The monoisotopic (exact) mass is 138 g/mol. The summed E-state index contributed by atoms with van der Waals surface area (Å²) < 4.78 is 0. The Morgan fingerprint density at radius 3 is 3.00 bits per heavy atom. The summed E-state index contributed by atoms with van der Waals surface area (Å²) in [6, 6.07) is 0. The van der Waals surface area contributed by atoms with Gasteiger partial charge in [-0.1, -0.05) is 0 Å². The first-order valence-electron chi connectivity index (χ1n) is 3.57. The normalized spacial score (nSPS) is 17.6. The molecule has 0 saturated heterocycles. The molecule has 0 radical (unpaired) electrons. The molecule has 0 unspecified atom stereocenters. The average molecular weight is 138 g/mol. The Kier molecular flexibility index (Phi) is 1.16. The lowest BCUT2D eigenvalue weighted by atomic mass is 10.2. The van der Waals surface area contributed by atoms with Crippen molar-refractivity contribution in [1.29, 1.82) is 0 Å². The molecule has 10 heavy (non-hydrogen) atoms. The van der Waals surface area contributed by atoms with E-state index in [4.69, 9.17) is 5.11 Å². The highest BCUT2D eigenvalue weighted by molar-refractivity contribution is 5.22. The van der Waals surface area contributed by atoms with E-state index >= 15 is 0 Å². The Hall–Kier alpha value is -0.990. The third-order valence-corrected chi connectivity index (χ3v) is 1.89. The number of nitrogens with one attached hydrogen (secondary N) is 1. The molecule has 54 valence electrons. The van der Waals surface area contributed by atoms with Crippen molar-refractivity contribution in [2.45, 2.75) is 19.3 Å². The van der Waals surface area contributed by atoms with Gasteiger partial charge in [-0.2, -0.15) is 5.10 Å². The van der Waals surface area contributed by atoms with Crippen molar-refractivity contribution in [3.8, 4) is 5.75 Å². The largest absolute Gasteiger partial charge is 0.504 e. The molecule has 1 aromatic rings. The smallest absolute Gasteiger partial charge is 0.156 e. The first-order chi connectivity index (χ1) is 4.86. The van der Waals surface area contributed by atoms with Crippen molar-refractivity contribution in [2.75, 3.05) is 0 Å². The number of aromatic amines is 1. The first kappa shape index (κ1) is 5.77. The van der Waals surface area contributed by atoms with Gasteiger partial charge in [-0.05, 0) is 25.2 Å². The van der Waals surface area contributed by atoms with Crippen molar-refractivity contribution in [3.05, 3.63) is 11.9 Å². The van der Waals surface area contributed by atoms with E-state index < -0.39 is 0 Å². The molecule has 1 aliphatic rings. The quantitative estimate of drug-likeness (QED) is 0.642. The number of aromatic hydroxyl groups is 1. The van der Waals surface area contributed by atoms with Gasteiger partial charge in [-0.15, -0.1) is 0 Å². The van der Waals surface area contributed by atoms with Crippen LogP contribution in [-0.2, 0) is 6.42 Å². The number of aromatic nitrogens is 2. The average Bonchev–Trinajstić information content (AvgIpc) is 2.62. The molecule has 1 aliphatic carbocycles. The standard InChI is InChI=1S/C7H10N2O/c10-7-4-8-9-6(7)3-5-1-2-5/h4-5,10H,1-3H2,(H,8,9). The molecule has 1 saturated carbocycles. The Morgan fingerprint density at radius 1 is 1.70 bits per heavy atom. The third kappa shape index (κ3) is 0.988. The molecule has 2 N–H and O–H groups in total. The van der Waals surface area contributed by atoms with Crippen LogP contribution in [0.15, 0.2) is 6.20 Å². The number of hydrogen-bond acceptors (Lipinski definition) is 2. The second-order valence-electron chi connectivity index (χ2n) is 2.88. The summed E-state index contributed by atoms with van der Waals surface area (Å²) in [4.78, 5) is 0. The molecular weight excluding hydrogens is 128 g/mol. The molecule has 0 spiro atoms. The molecule has 2 rings (SSSR count). The molecule has 1 heterocycles. The van der Waals surface area contributed by atoms with E-state index in [-0.39, 0.29) is 0 Å². The van der Waals surface area contributed by atoms with Gasteiger partial charge < -0.3 is 5.11 Å². The summed E-state index contributed by atoms with van der Waals surface area (Å²) in [5, 5.41) is 15.6. The molecule has 0 bridgehead atoms. The van der Waals surface area contributed by atoms with Crippen LogP contribution in [0.3, 0.4) is 0 Å². The maximum absolute atomic E-state index is 9.13. The van der Waals surface area contributed by atoms with E-state index in [1.807, 2.05) is 0 Å². The van der Waals surface area contributed by atoms with Gasteiger partial charge in [-0.3, -0.25) is 5.10 Å². The highest BCUT2D eigenvalue weighted by atomic mass is 16.3. The van der Waals surface area contributed by atoms with Gasteiger partial charge in [-0.25, -0.2) is 0 Å². The van der Waals surface area contributed by atoms with Crippen LogP contribution >= 0.6 is 0 Å². The zero-order valence-electron chi connectivity index (χ0n) is 5.67. The van der Waals surface area contributed by atoms with E-state index in [9.17, 15) is 0 Å². The summed E-state index contributed by atoms with van der Waals surface area (Å²) in [5.41, 5.74) is 0.891. The van der Waals surface area contributed by atoms with E-state index in [1.54, 1.807) is 0 Å². The van der Waals surface area contributed by atoms with Gasteiger partial charge in [0.1, 0.15) is 0 Å². The summed E-state index contributed by atoms with van der Waals surface area (Å²) in [5.74, 6) is 1.11. The van der Waals surface area contributed by atoms with Gasteiger partial charge in [0.15, 0.2) is 5.75 Å². The molecule has 1 fully saturated rings. The topological polar surface area (TPSA) is 48.9 Å². The minimum atomic E-state index is 0.312. The Balaban J connectivity index is 2.08. The van der Waals surface area contributed by atoms with Gasteiger partial charge in [0.25, 0.3) is 0 Å². The van der Waals surface area contributed by atoms with Crippen molar-refractivity contribution < 1.29 is 5.11 Å². The van der Waals surface area contributed by atoms with Crippen molar-refractivity contribution in [1.82, 2.24) is 10.2 Å². The Morgan fingerprint density at radius 2 is 2.50 bits per heavy atom. The van der Waals surface area contributed by atoms with Crippen LogP contribution in [0.2, 0.25) is 0 Å². The molecule has 3 nitrogen and oxygen atoms in total. The number of rotatable bonds is 2. The maximum atomic E-state index is 9.13. The Labute approximate surface area is 59.1 Å². The third-order valence-electron chi connectivity index (χ3n) is 1.89. The fourth-order valence-electron chi connectivity index (χ4n) is 1.07. The number of H-pyrrole nitrogens is 1. The minimum absolute atomic E-state index is 0.312. The lowest BCUT2D eigenvalue weighted by Crippen LogP contribution is -1.86. The zero-order chi connectivity index (χ0) is 6.97. The molecule has 0 aromatic carbocycles. The fraction of sp³-hybridized carbons (Fsp3) is 0.571. The molecule has 3 heteroatoms. The maximum Gasteiger partial charge on any atom is 0.156 e. The Bertz CT molecular complexity index is 227. The van der Waals surface area contributed by atoms with Crippen LogP contribution in [0.1, 0.15) is 18.5 Å². The molecule has 0 aliphatic heterocycles. The van der Waals surface area contributed by atoms with Crippen molar-refractivity contribution >= 4 is 0 Å². The van der Waals surface area contributed by atoms with Gasteiger partial charge in [0.05, 0.1) is 11.9 Å². The lowest BCUT2D eigenvalue weighted by Gasteiger charge is -1.92. The zero-order valence-corrected chi connectivity index (χ0v) is 5.67. The highest BCUT2D eigenvalue weighted by Crippen LogP contribution is 2.33. The molecule has 1 aromatic heterocycles. The second-order valence-corrected chi connectivity index (χ2v) is 2.88. The van der Waals surface area contributed by atoms with Crippen LogP contribution in [0.4, 0.5) is 0 Å². The van der Waals surface area contributed by atoms with Gasteiger partial charge in [0, 0.05) is 0 Å². The summed E-state index contributed by atoms with van der Waals surface area (Å²) in [6.45, 7) is 0. The molecular formula is C7H10N2O. The van der Waals surface area contributed by atoms with E-state index in [2.05, 4.69) is 10.2 Å². The number of hydrogen-bond donors (Lipinski definition) is 2. The van der Waals surface area contributed by atoms with E-state index in [1.165, 1.54) is 19.0 Å². The predicted molar refractivity (Wildman–Crippen MR) is 36.7 cm³/mol. The second kappa shape index (κ2) is 2.01. The predicted octanol–water partition coefficient (Wildman–Crippen LogP) is 1.07. The van der Waals surface area contributed by atoms with Crippen LogP contribution in [0, 0.1) is 5.92 Å². The van der Waals surface area contributed by atoms with Crippen molar-refractivity contribution in [3.63, 3.8) is 0 Å². The summed E-state index contributed by atoms with van der Waals surface area (Å²) in [7, 11) is 0. The fourth-order valence-corrected chi connectivity index (χ4v) is 1.07. The summed E-state index contributed by atoms with van der Waals surface area (Å²) >= 11 is 0. The van der Waals surface area contributed by atoms with Crippen LogP contribution in [0.25, 0.3) is 0 Å². The summed E-state index contributed by atoms with van der Waals surface area (Å²) in [6.07, 6.45) is 5.03. The molecule has 0 atom stereocenters. The van der Waals surface area contributed by atoms with Gasteiger partial charge >= 0.3 is 0 Å². The SMILES string of the molecule is Oc1cn[nH]c1CC1CC1. The van der Waals surface area contributed by atoms with Crippen LogP contribution < -0.4 is 0 Å². The minimum Gasteiger partial charge on any atom is -0.504 e. The van der Waals surface area contributed by atoms with Crippen LogP contribution in [-0.4, -0.2) is 15.3 Å². The van der Waals surface area contributed by atoms with Crippen molar-refractivity contribution in [2.24, 2.45) is 5.92 Å². The van der Waals surface area contributed by atoms with E-state index in [0.29, 0.717) is 5.75 Å². The number of nitrogens with zero attached hydrogens (tertiary/aromatic N) is 1.